The lowest BCUT2D eigenvalue weighted by molar-refractivity contribution is -0.127. The molecule has 2 N–H and O–H groups in total. The van der Waals surface area contributed by atoms with Crippen molar-refractivity contribution in [1.82, 2.24) is 24.6 Å². The highest BCUT2D eigenvalue weighted by Gasteiger charge is 2.33. The minimum atomic E-state index is -0.766. The highest BCUT2D eigenvalue weighted by atomic mass is 19.1. The van der Waals surface area contributed by atoms with Crippen molar-refractivity contribution < 1.29 is 18.7 Å². The minimum Gasteiger partial charge on any atom is -0.457 e. The van der Waals surface area contributed by atoms with Crippen LogP contribution in [0.3, 0.4) is 0 Å². The number of nitrogens with zero attached hydrogens (tertiary/aromatic N) is 6. The molecule has 1 unspecified atom stereocenters. The fraction of sp³-hybridized carbons (Fsp3) is 0.323. The number of hydrogen-bond donors (Lipinski definition) is 1. The Kier molecular flexibility index (Phi) is 8.17. The molecule has 0 spiro atoms. The Labute approximate surface area is 243 Å². The van der Waals surface area contributed by atoms with Crippen molar-refractivity contribution in [3.05, 3.63) is 72.3 Å². The number of para-hydroxylation sites is 1. The molecule has 2 aromatic carbocycles. The van der Waals surface area contributed by atoms with E-state index in [1.807, 2.05) is 45.0 Å². The third-order valence-corrected chi connectivity index (χ3v) is 7.11. The first-order valence-electron chi connectivity index (χ1n) is 13.8. The van der Waals surface area contributed by atoms with Crippen molar-refractivity contribution in [2.24, 2.45) is 0 Å². The van der Waals surface area contributed by atoms with Gasteiger partial charge in [-0.1, -0.05) is 18.2 Å². The predicted molar refractivity (Wildman–Crippen MR) is 156 cm³/mol. The Morgan fingerprint density at radius 2 is 2.00 bits per heavy atom. The first-order chi connectivity index (χ1) is 20.2. The lowest BCUT2D eigenvalue weighted by Crippen LogP contribution is -2.39. The molecule has 1 amide bonds. The molecule has 0 aliphatic carbocycles. The number of nitrogens with two attached hydrogens (primary N) is 1. The Morgan fingerprint density at radius 3 is 2.71 bits per heavy atom. The van der Waals surface area contributed by atoms with Gasteiger partial charge in [0.05, 0.1) is 23.6 Å². The first kappa shape index (κ1) is 28.7. The molecule has 0 bridgehead atoms. The van der Waals surface area contributed by atoms with E-state index in [2.05, 4.69) is 9.97 Å². The zero-order chi connectivity index (χ0) is 29.9. The zero-order valence-corrected chi connectivity index (χ0v) is 23.7. The van der Waals surface area contributed by atoms with E-state index in [1.54, 1.807) is 39.9 Å². The summed E-state index contributed by atoms with van der Waals surface area (Å²) in [5, 5.41) is 14.9. The Hall–Kier alpha value is -4.82. The number of amides is 1. The van der Waals surface area contributed by atoms with Crippen LogP contribution in [0.5, 0.6) is 11.5 Å². The van der Waals surface area contributed by atoms with Crippen LogP contribution in [0.15, 0.2) is 66.5 Å². The first-order valence-corrected chi connectivity index (χ1v) is 13.8. The van der Waals surface area contributed by atoms with E-state index in [0.29, 0.717) is 47.8 Å². The fourth-order valence-corrected chi connectivity index (χ4v) is 5.27. The topological polar surface area (TPSA) is 132 Å². The van der Waals surface area contributed by atoms with Gasteiger partial charge in [-0.3, -0.25) is 4.79 Å². The number of nitrogen functional groups attached to an aromatic ring is 1. The standard InChI is InChI=1S/C31H32FN7O3/c1-4-41-31(2,3)16-20(17-33)30(40)38-14-8-9-21(38)18-39-29-26(28(34)35-19-36-29)27(37-39)24-13-12-23(15-25(24)32)42-22-10-6-5-7-11-22/h5-7,10-13,15-16,19,21H,4,8-9,14,18H2,1-3H3,(H2,34,35,36). The normalized spacial score (nSPS) is 15.6. The van der Waals surface area contributed by atoms with Crippen LogP contribution in [0.4, 0.5) is 10.2 Å². The van der Waals surface area contributed by atoms with Crippen molar-refractivity contribution in [1.29, 1.82) is 5.26 Å². The van der Waals surface area contributed by atoms with E-state index in [1.165, 1.54) is 12.4 Å². The number of carbonyl (C=O) groups excluding carboxylic acids is 1. The number of likely N-dealkylation sites (tertiary alicyclic amines) is 1. The second kappa shape index (κ2) is 12.0. The zero-order valence-electron chi connectivity index (χ0n) is 23.7. The quantitative estimate of drug-likeness (QED) is 0.213. The summed E-state index contributed by atoms with van der Waals surface area (Å²) in [5.74, 6) is 0.181. The Balaban J connectivity index is 1.45. The molecule has 3 heterocycles. The van der Waals surface area contributed by atoms with Gasteiger partial charge in [-0.15, -0.1) is 0 Å². The number of ether oxygens (including phenoxy) is 2. The van der Waals surface area contributed by atoms with Crippen LogP contribution in [0.2, 0.25) is 0 Å². The number of halogens is 1. The van der Waals surface area contributed by atoms with E-state index >= 15 is 4.39 Å². The molecular weight excluding hydrogens is 537 g/mol. The molecule has 2 aromatic heterocycles. The number of anilines is 1. The van der Waals surface area contributed by atoms with Gasteiger partial charge in [0, 0.05) is 24.8 Å². The molecule has 216 valence electrons. The molecule has 10 nitrogen and oxygen atoms in total. The molecule has 1 fully saturated rings. The monoisotopic (exact) mass is 569 g/mol. The summed E-state index contributed by atoms with van der Waals surface area (Å²) in [6.07, 6.45) is 4.37. The summed E-state index contributed by atoms with van der Waals surface area (Å²) >= 11 is 0. The van der Waals surface area contributed by atoms with Crippen molar-refractivity contribution in [3.63, 3.8) is 0 Å². The molecule has 1 saturated heterocycles. The number of fused-ring (bicyclic) bond motifs is 1. The van der Waals surface area contributed by atoms with Crippen LogP contribution in [0.1, 0.15) is 33.6 Å². The van der Waals surface area contributed by atoms with Crippen LogP contribution in [-0.2, 0) is 16.1 Å². The van der Waals surface area contributed by atoms with E-state index in [0.717, 1.165) is 6.42 Å². The molecule has 0 radical (unpaired) electrons. The van der Waals surface area contributed by atoms with E-state index in [4.69, 9.17) is 20.3 Å². The number of nitriles is 1. The third-order valence-electron chi connectivity index (χ3n) is 7.11. The van der Waals surface area contributed by atoms with Crippen molar-refractivity contribution in [3.8, 4) is 28.8 Å². The maximum Gasteiger partial charge on any atom is 0.264 e. The number of hydrogen-bond acceptors (Lipinski definition) is 8. The highest BCUT2D eigenvalue weighted by Crippen LogP contribution is 2.35. The lowest BCUT2D eigenvalue weighted by atomic mass is 10.0. The second-order valence-electron chi connectivity index (χ2n) is 10.5. The summed E-state index contributed by atoms with van der Waals surface area (Å²) in [6, 6.07) is 15.4. The van der Waals surface area contributed by atoms with Crippen molar-refractivity contribution in [2.75, 3.05) is 18.9 Å². The summed E-state index contributed by atoms with van der Waals surface area (Å²) < 4.78 is 28.6. The summed E-state index contributed by atoms with van der Waals surface area (Å²) in [5.41, 5.74) is 6.43. The van der Waals surface area contributed by atoms with Gasteiger partial charge in [0.15, 0.2) is 5.65 Å². The maximum atomic E-state index is 15.5. The Bertz CT molecular complexity index is 1680. The highest BCUT2D eigenvalue weighted by molar-refractivity contribution is 5.99. The summed E-state index contributed by atoms with van der Waals surface area (Å²) in [4.78, 5) is 23.7. The van der Waals surface area contributed by atoms with Gasteiger partial charge in [0.1, 0.15) is 46.8 Å². The van der Waals surface area contributed by atoms with Crippen LogP contribution in [-0.4, -0.2) is 55.4 Å². The SMILES string of the molecule is CCOC(C)(C)C=C(C#N)C(=O)N1CCCC1Cn1nc(-c2ccc(Oc3ccccc3)cc2F)c2c(N)ncnc21. The molecular formula is C31H32FN7O3. The average molecular weight is 570 g/mol. The minimum absolute atomic E-state index is 0.0258. The molecule has 11 heteroatoms. The molecule has 4 aromatic rings. The van der Waals surface area contributed by atoms with Gasteiger partial charge in [0.25, 0.3) is 5.91 Å². The van der Waals surface area contributed by atoms with Gasteiger partial charge in [0.2, 0.25) is 0 Å². The average Bonchev–Trinajstić information content (AvgIpc) is 3.58. The second-order valence-corrected chi connectivity index (χ2v) is 10.5. The summed E-state index contributed by atoms with van der Waals surface area (Å²) in [7, 11) is 0. The van der Waals surface area contributed by atoms with Crippen LogP contribution >= 0.6 is 0 Å². The molecule has 0 saturated carbocycles. The predicted octanol–water partition coefficient (Wildman–Crippen LogP) is 5.26. The number of aromatic nitrogens is 4. The number of rotatable bonds is 9. The lowest BCUT2D eigenvalue weighted by Gasteiger charge is -2.26. The van der Waals surface area contributed by atoms with Gasteiger partial charge >= 0.3 is 0 Å². The van der Waals surface area contributed by atoms with Crippen LogP contribution in [0.25, 0.3) is 22.3 Å². The van der Waals surface area contributed by atoms with E-state index in [9.17, 15) is 10.1 Å². The van der Waals surface area contributed by atoms with E-state index < -0.39 is 11.4 Å². The Morgan fingerprint density at radius 1 is 1.21 bits per heavy atom. The largest absolute Gasteiger partial charge is 0.457 e. The summed E-state index contributed by atoms with van der Waals surface area (Å²) in [6.45, 7) is 6.71. The van der Waals surface area contributed by atoms with Gasteiger partial charge in [-0.2, -0.15) is 10.4 Å². The van der Waals surface area contributed by atoms with Gasteiger partial charge in [-0.25, -0.2) is 19.0 Å². The fourth-order valence-electron chi connectivity index (χ4n) is 5.27. The molecule has 1 atom stereocenters. The molecule has 1 aliphatic heterocycles. The third kappa shape index (κ3) is 5.94. The van der Waals surface area contributed by atoms with Crippen LogP contribution < -0.4 is 10.5 Å². The number of benzene rings is 2. The van der Waals surface area contributed by atoms with Crippen molar-refractivity contribution in [2.45, 2.75) is 51.8 Å². The van der Waals surface area contributed by atoms with E-state index in [-0.39, 0.29) is 35.4 Å². The smallest absolute Gasteiger partial charge is 0.264 e. The number of carbonyl (C=O) groups is 1. The van der Waals surface area contributed by atoms with Gasteiger partial charge in [-0.05, 0) is 64.0 Å². The molecule has 1 aliphatic rings. The van der Waals surface area contributed by atoms with Crippen molar-refractivity contribution >= 4 is 22.8 Å². The van der Waals surface area contributed by atoms with Gasteiger partial charge < -0.3 is 20.1 Å². The molecule has 42 heavy (non-hydrogen) atoms. The maximum absolute atomic E-state index is 15.5. The molecule has 5 rings (SSSR count). The van der Waals surface area contributed by atoms with Crippen LogP contribution in [0, 0.1) is 17.1 Å².